The van der Waals surface area contributed by atoms with Gasteiger partial charge in [0.15, 0.2) is 22.8 Å². The van der Waals surface area contributed by atoms with E-state index in [-0.39, 0.29) is 18.5 Å². The van der Waals surface area contributed by atoms with Crippen LogP contribution in [0.15, 0.2) is 47.3 Å². The van der Waals surface area contributed by atoms with E-state index in [1.807, 2.05) is 54.0 Å². The average Bonchev–Trinajstić information content (AvgIpc) is 3.58. The molecule has 7 rings (SSSR count). The van der Waals surface area contributed by atoms with E-state index in [0.29, 0.717) is 46.1 Å². The van der Waals surface area contributed by atoms with Crippen molar-refractivity contribution in [1.29, 1.82) is 0 Å². The summed E-state index contributed by atoms with van der Waals surface area (Å²) in [5.74, 6) is 1.95. The smallest absolute Gasteiger partial charge is 0.265 e. The monoisotopic (exact) mass is 455 g/mol. The molecule has 5 aromatic rings. The summed E-state index contributed by atoms with van der Waals surface area (Å²) in [7, 11) is 0. The molecule has 0 radical (unpaired) electrons. The summed E-state index contributed by atoms with van der Waals surface area (Å²) in [6, 6.07) is 13.3. The van der Waals surface area contributed by atoms with Gasteiger partial charge < -0.3 is 14.2 Å². The van der Waals surface area contributed by atoms with Gasteiger partial charge in [0.2, 0.25) is 6.79 Å². The number of nitrogens with zero attached hydrogens (tertiary/aromatic N) is 5. The molecule has 9 heteroatoms. The van der Waals surface area contributed by atoms with E-state index in [4.69, 9.17) is 29.2 Å². The Bertz CT molecular complexity index is 1670. The third-order valence-electron chi connectivity index (χ3n) is 6.58. The van der Waals surface area contributed by atoms with Crippen molar-refractivity contribution in [2.24, 2.45) is 0 Å². The summed E-state index contributed by atoms with van der Waals surface area (Å²) < 4.78 is 20.5. The van der Waals surface area contributed by atoms with Gasteiger partial charge in [-0.2, -0.15) is 0 Å². The lowest BCUT2D eigenvalue weighted by Gasteiger charge is -2.14. The normalized spacial score (nSPS) is 17.4. The van der Waals surface area contributed by atoms with Crippen molar-refractivity contribution in [3.8, 4) is 17.2 Å². The Morgan fingerprint density at radius 3 is 2.65 bits per heavy atom. The van der Waals surface area contributed by atoms with Crippen LogP contribution in [-0.2, 0) is 11.3 Å². The van der Waals surface area contributed by atoms with Gasteiger partial charge in [0, 0.05) is 12.7 Å². The number of rotatable bonds is 3. The maximum Gasteiger partial charge on any atom is 0.265 e. The summed E-state index contributed by atoms with van der Waals surface area (Å²) in [5.41, 5.74) is 3.75. The predicted molar refractivity (Wildman–Crippen MR) is 126 cm³/mol. The molecule has 9 nitrogen and oxygen atoms in total. The zero-order valence-corrected chi connectivity index (χ0v) is 18.5. The van der Waals surface area contributed by atoms with Gasteiger partial charge in [0.05, 0.1) is 29.4 Å². The minimum atomic E-state index is -0.132. The number of aryl methyl sites for hydroxylation is 1. The topological polar surface area (TPSA) is 93.3 Å². The van der Waals surface area contributed by atoms with Crippen LogP contribution in [0.2, 0.25) is 0 Å². The van der Waals surface area contributed by atoms with Crippen LogP contribution in [0.3, 0.4) is 0 Å². The first-order valence-corrected chi connectivity index (χ1v) is 11.4. The van der Waals surface area contributed by atoms with Crippen molar-refractivity contribution in [1.82, 2.24) is 24.1 Å². The van der Waals surface area contributed by atoms with E-state index in [9.17, 15) is 4.79 Å². The van der Waals surface area contributed by atoms with E-state index < -0.39 is 0 Å². The van der Waals surface area contributed by atoms with Gasteiger partial charge in [0.25, 0.3) is 5.56 Å². The lowest BCUT2D eigenvalue weighted by atomic mass is 10.2. The zero-order chi connectivity index (χ0) is 22.8. The first kappa shape index (κ1) is 19.5. The Labute approximate surface area is 193 Å². The summed E-state index contributed by atoms with van der Waals surface area (Å²) in [4.78, 5) is 28.5. The SMILES string of the molecule is Cc1nc2c(c(=O)n1C[C@H]1CCCO1)c1nc3ccccc3nc1n2-c1ccc2c(c1)OCO2. The molecule has 0 spiro atoms. The molecule has 2 aromatic carbocycles. The van der Waals surface area contributed by atoms with Gasteiger partial charge in [0.1, 0.15) is 16.7 Å². The second kappa shape index (κ2) is 7.26. The fourth-order valence-corrected chi connectivity index (χ4v) is 4.91. The average molecular weight is 455 g/mol. The Hall–Kier alpha value is -3.98. The van der Waals surface area contributed by atoms with Crippen LogP contribution in [0.5, 0.6) is 11.5 Å². The molecule has 2 aliphatic rings. The van der Waals surface area contributed by atoms with Crippen molar-refractivity contribution < 1.29 is 14.2 Å². The highest BCUT2D eigenvalue weighted by Gasteiger charge is 2.25. The van der Waals surface area contributed by atoms with Crippen LogP contribution in [0.4, 0.5) is 0 Å². The van der Waals surface area contributed by atoms with Crippen LogP contribution in [-0.4, -0.2) is 43.6 Å². The lowest BCUT2D eigenvalue weighted by Crippen LogP contribution is -2.29. The van der Waals surface area contributed by atoms with Crippen LogP contribution < -0.4 is 15.0 Å². The number of benzene rings is 2. The predicted octanol–water partition coefficient (Wildman–Crippen LogP) is 3.50. The number of hydrogen-bond donors (Lipinski definition) is 0. The number of para-hydroxylation sites is 2. The van der Waals surface area contributed by atoms with Crippen molar-refractivity contribution in [2.75, 3.05) is 13.4 Å². The quantitative estimate of drug-likeness (QED) is 0.411. The molecule has 0 aliphatic carbocycles. The molecule has 3 aromatic heterocycles. The molecule has 0 unspecified atom stereocenters. The molecule has 34 heavy (non-hydrogen) atoms. The largest absolute Gasteiger partial charge is 0.454 e. The molecule has 1 fully saturated rings. The molecule has 1 atom stereocenters. The number of fused-ring (bicyclic) bond motifs is 5. The van der Waals surface area contributed by atoms with Crippen LogP contribution in [0, 0.1) is 6.92 Å². The van der Waals surface area contributed by atoms with Crippen molar-refractivity contribution in [3.05, 3.63) is 58.6 Å². The minimum Gasteiger partial charge on any atom is -0.454 e. The Balaban J connectivity index is 1.56. The number of aromatic nitrogens is 5. The first-order chi connectivity index (χ1) is 16.7. The Morgan fingerprint density at radius 2 is 1.82 bits per heavy atom. The molecular weight excluding hydrogens is 434 g/mol. The van der Waals surface area contributed by atoms with Gasteiger partial charge >= 0.3 is 0 Å². The van der Waals surface area contributed by atoms with Gasteiger partial charge in [-0.05, 0) is 44.0 Å². The maximum atomic E-state index is 13.9. The summed E-state index contributed by atoms with van der Waals surface area (Å²) in [5, 5.41) is 0.453. The first-order valence-electron chi connectivity index (χ1n) is 11.4. The van der Waals surface area contributed by atoms with E-state index in [0.717, 1.165) is 36.2 Å². The lowest BCUT2D eigenvalue weighted by molar-refractivity contribution is 0.0955. The van der Waals surface area contributed by atoms with Gasteiger partial charge in [-0.1, -0.05) is 12.1 Å². The third-order valence-corrected chi connectivity index (χ3v) is 6.58. The third kappa shape index (κ3) is 2.83. The highest BCUT2D eigenvalue weighted by Crippen LogP contribution is 2.36. The number of ether oxygens (including phenoxy) is 3. The highest BCUT2D eigenvalue weighted by atomic mass is 16.7. The van der Waals surface area contributed by atoms with Crippen LogP contribution >= 0.6 is 0 Å². The van der Waals surface area contributed by atoms with Crippen molar-refractivity contribution in [3.63, 3.8) is 0 Å². The van der Waals surface area contributed by atoms with Gasteiger partial charge in [-0.25, -0.2) is 15.0 Å². The fourth-order valence-electron chi connectivity index (χ4n) is 4.91. The van der Waals surface area contributed by atoms with Crippen molar-refractivity contribution >= 4 is 33.2 Å². The maximum absolute atomic E-state index is 13.9. The molecule has 1 saturated heterocycles. The van der Waals surface area contributed by atoms with E-state index in [1.165, 1.54) is 0 Å². The molecule has 0 saturated carbocycles. The van der Waals surface area contributed by atoms with E-state index in [2.05, 4.69) is 0 Å². The second-order valence-electron chi connectivity index (χ2n) is 8.67. The fraction of sp³-hybridized carbons (Fsp3) is 0.280. The summed E-state index contributed by atoms with van der Waals surface area (Å²) in [6.07, 6.45) is 1.97. The van der Waals surface area contributed by atoms with E-state index >= 15 is 0 Å². The molecule has 0 bridgehead atoms. The standard InChI is InChI=1S/C25H21N5O4/c1-14-26-23-21(25(31)29(14)12-16-5-4-10-32-16)22-24(28-18-7-3-2-6-17(18)27-22)30(23)15-8-9-19-20(11-15)34-13-33-19/h2-3,6-9,11,16H,4-5,10,12-13H2,1H3/t16-/m1/s1. The highest BCUT2D eigenvalue weighted by molar-refractivity contribution is 6.05. The Morgan fingerprint density at radius 1 is 1.00 bits per heavy atom. The van der Waals surface area contributed by atoms with Gasteiger partial charge in [-0.15, -0.1) is 0 Å². The minimum absolute atomic E-state index is 0.0183. The summed E-state index contributed by atoms with van der Waals surface area (Å²) >= 11 is 0. The zero-order valence-electron chi connectivity index (χ0n) is 18.5. The molecule has 0 amide bonds. The van der Waals surface area contributed by atoms with Gasteiger partial charge in [-0.3, -0.25) is 13.9 Å². The Kier molecular flexibility index (Phi) is 4.16. The summed E-state index contributed by atoms with van der Waals surface area (Å²) in [6.45, 7) is 3.25. The molecule has 170 valence electrons. The van der Waals surface area contributed by atoms with Crippen LogP contribution in [0.25, 0.3) is 38.9 Å². The molecule has 0 N–H and O–H groups in total. The van der Waals surface area contributed by atoms with Crippen LogP contribution in [0.1, 0.15) is 18.7 Å². The molecule has 5 heterocycles. The van der Waals surface area contributed by atoms with E-state index in [1.54, 1.807) is 4.57 Å². The second-order valence-corrected chi connectivity index (χ2v) is 8.67. The van der Waals surface area contributed by atoms with Crippen molar-refractivity contribution in [2.45, 2.75) is 32.4 Å². The molecule has 2 aliphatic heterocycles. The number of hydrogen-bond acceptors (Lipinski definition) is 7. The molecular formula is C25H21N5O4.